The Morgan fingerprint density at radius 2 is 2.18 bits per heavy atom. The van der Waals surface area contributed by atoms with Crippen molar-refractivity contribution in [3.8, 4) is 11.3 Å². The Labute approximate surface area is 159 Å². The summed E-state index contributed by atoms with van der Waals surface area (Å²) < 4.78 is 6.92. The summed E-state index contributed by atoms with van der Waals surface area (Å²) in [5.41, 5.74) is 9.39. The van der Waals surface area contributed by atoms with Crippen LogP contribution in [-0.2, 0) is 17.8 Å². The molecular weight excluding hydrogens is 360 g/mol. The maximum atomic E-state index is 5.09. The van der Waals surface area contributed by atoms with Crippen LogP contribution in [0.2, 0.25) is 0 Å². The Bertz CT molecular complexity index is 1120. The third-order valence-corrected chi connectivity index (χ3v) is 4.50. The van der Waals surface area contributed by atoms with Gasteiger partial charge in [0, 0.05) is 30.5 Å². The topological polar surface area (TPSA) is 122 Å². The van der Waals surface area contributed by atoms with Gasteiger partial charge in [0.1, 0.15) is 0 Å². The molecule has 0 aromatic carbocycles. The number of hydrogen-bond acceptors (Lipinski definition) is 9. The third-order valence-electron chi connectivity index (χ3n) is 4.50. The van der Waals surface area contributed by atoms with Gasteiger partial charge in [0.2, 0.25) is 0 Å². The molecule has 4 aromatic heterocycles. The molecule has 142 valence electrons. The molecule has 1 aliphatic heterocycles. The van der Waals surface area contributed by atoms with Crippen molar-refractivity contribution in [2.24, 2.45) is 0 Å². The number of aromatic amines is 1. The zero-order valence-electron chi connectivity index (χ0n) is 15.1. The number of hydrogen-bond donors (Lipinski definition) is 3. The molecule has 11 heteroatoms. The molecule has 0 saturated carbocycles. The van der Waals surface area contributed by atoms with Gasteiger partial charge in [0.05, 0.1) is 43.5 Å². The number of pyridine rings is 1. The predicted molar refractivity (Wildman–Crippen MR) is 102 cm³/mol. The Kier molecular flexibility index (Phi) is 4.07. The number of rotatable bonds is 6. The number of H-pyrrole nitrogens is 1. The van der Waals surface area contributed by atoms with Crippen molar-refractivity contribution in [1.82, 2.24) is 40.5 Å². The van der Waals surface area contributed by atoms with E-state index in [1.165, 1.54) is 0 Å². The molecule has 28 heavy (non-hydrogen) atoms. The summed E-state index contributed by atoms with van der Waals surface area (Å²) in [5, 5.41) is 14.5. The van der Waals surface area contributed by atoms with Gasteiger partial charge in [-0.1, -0.05) is 0 Å². The van der Waals surface area contributed by atoms with Crippen LogP contribution in [0.5, 0.6) is 0 Å². The molecule has 0 fully saturated rings. The second-order valence-corrected chi connectivity index (χ2v) is 6.31. The van der Waals surface area contributed by atoms with Crippen molar-refractivity contribution in [2.45, 2.75) is 13.1 Å². The van der Waals surface area contributed by atoms with Gasteiger partial charge in [0.25, 0.3) is 0 Å². The van der Waals surface area contributed by atoms with Gasteiger partial charge >= 0.3 is 0 Å². The molecule has 0 bridgehead atoms. The molecule has 0 spiro atoms. The minimum atomic E-state index is 0.521. The molecule has 5 rings (SSSR count). The Hall–Kier alpha value is -3.57. The van der Waals surface area contributed by atoms with E-state index < -0.39 is 0 Å². The fraction of sp³-hybridized carbons (Fsp3) is 0.235. The maximum Gasteiger partial charge on any atom is 0.190 e. The average Bonchev–Trinajstić information content (AvgIpc) is 3.46. The highest BCUT2D eigenvalue weighted by Crippen LogP contribution is 2.29. The summed E-state index contributed by atoms with van der Waals surface area (Å²) in [5.74, 6) is 1.37. The Morgan fingerprint density at radius 1 is 1.21 bits per heavy atom. The van der Waals surface area contributed by atoms with Gasteiger partial charge in [-0.05, 0) is 12.1 Å². The van der Waals surface area contributed by atoms with E-state index in [0.29, 0.717) is 37.0 Å². The SMILES string of the molecule is COCCn1cc(-c2cnc3c(n2)N(Cc2[nH]nc4ncccc24)NN3)cn1. The van der Waals surface area contributed by atoms with E-state index in [1.807, 2.05) is 28.0 Å². The van der Waals surface area contributed by atoms with Crippen molar-refractivity contribution >= 4 is 22.7 Å². The quantitative estimate of drug-likeness (QED) is 0.453. The number of hydrazine groups is 2. The van der Waals surface area contributed by atoms with E-state index in [1.54, 1.807) is 25.7 Å². The highest BCUT2D eigenvalue weighted by molar-refractivity contribution is 5.78. The number of nitrogens with zero attached hydrogens (tertiary/aromatic N) is 7. The molecule has 0 unspecified atom stereocenters. The van der Waals surface area contributed by atoms with Gasteiger partial charge < -0.3 is 4.74 Å². The van der Waals surface area contributed by atoms with Crippen molar-refractivity contribution in [3.63, 3.8) is 0 Å². The highest BCUT2D eigenvalue weighted by atomic mass is 16.5. The van der Waals surface area contributed by atoms with Gasteiger partial charge in [-0.15, -0.1) is 5.53 Å². The lowest BCUT2D eigenvalue weighted by atomic mass is 10.2. The molecule has 3 N–H and O–H groups in total. The molecule has 0 radical (unpaired) electrons. The predicted octanol–water partition coefficient (Wildman–Crippen LogP) is 1.11. The molecular formula is C17H18N10O. The standard InChI is InChI=1S/C17H18N10O/c1-28-6-5-26-9-11(7-20-26)13-8-19-16-17(21-13)27(25-24-16)10-14-12-3-2-4-18-15(12)23-22-14/h2-4,7-9,25H,5-6,10H2,1H3,(H,19,24)(H,18,22,23). The maximum absolute atomic E-state index is 5.09. The second-order valence-electron chi connectivity index (χ2n) is 6.31. The lowest BCUT2D eigenvalue weighted by Gasteiger charge is -2.15. The molecule has 0 atom stereocenters. The van der Waals surface area contributed by atoms with Gasteiger partial charge in [0.15, 0.2) is 17.3 Å². The van der Waals surface area contributed by atoms with Crippen LogP contribution in [0.4, 0.5) is 11.6 Å². The number of anilines is 2. The van der Waals surface area contributed by atoms with Crippen molar-refractivity contribution in [3.05, 3.63) is 42.6 Å². The third kappa shape index (κ3) is 2.92. The zero-order valence-corrected chi connectivity index (χ0v) is 15.1. The van der Waals surface area contributed by atoms with Crippen LogP contribution in [0.25, 0.3) is 22.3 Å². The van der Waals surface area contributed by atoms with Gasteiger partial charge in [-0.25, -0.2) is 15.0 Å². The first-order valence-electron chi connectivity index (χ1n) is 8.78. The smallest absolute Gasteiger partial charge is 0.190 e. The first-order valence-corrected chi connectivity index (χ1v) is 8.78. The number of methoxy groups -OCH3 is 1. The number of nitrogens with one attached hydrogen (secondary N) is 3. The summed E-state index contributed by atoms with van der Waals surface area (Å²) in [6.45, 7) is 1.81. The number of ether oxygens (including phenoxy) is 1. The number of fused-ring (bicyclic) bond motifs is 2. The van der Waals surface area contributed by atoms with E-state index in [4.69, 9.17) is 9.72 Å². The van der Waals surface area contributed by atoms with Crippen LogP contribution in [-0.4, -0.2) is 48.6 Å². The van der Waals surface area contributed by atoms with Crippen molar-refractivity contribution in [2.75, 3.05) is 24.2 Å². The normalized spacial score (nSPS) is 13.1. The first-order chi connectivity index (χ1) is 13.8. The van der Waals surface area contributed by atoms with Crippen LogP contribution in [0.15, 0.2) is 36.9 Å². The van der Waals surface area contributed by atoms with Crippen LogP contribution in [0.3, 0.4) is 0 Å². The van der Waals surface area contributed by atoms with E-state index in [-0.39, 0.29) is 0 Å². The van der Waals surface area contributed by atoms with Gasteiger partial charge in [-0.3, -0.25) is 20.2 Å². The van der Waals surface area contributed by atoms with Crippen LogP contribution in [0, 0.1) is 0 Å². The summed E-state index contributed by atoms with van der Waals surface area (Å²) >= 11 is 0. The molecule has 4 aromatic rings. The van der Waals surface area contributed by atoms with Gasteiger partial charge in [-0.2, -0.15) is 10.2 Å². The molecule has 0 amide bonds. The van der Waals surface area contributed by atoms with Crippen molar-refractivity contribution in [1.29, 1.82) is 0 Å². The summed E-state index contributed by atoms with van der Waals surface area (Å²) in [6.07, 6.45) is 7.16. The summed E-state index contributed by atoms with van der Waals surface area (Å²) in [6, 6.07) is 3.88. The highest BCUT2D eigenvalue weighted by Gasteiger charge is 2.24. The van der Waals surface area contributed by atoms with E-state index in [9.17, 15) is 0 Å². The average molecular weight is 378 g/mol. The lowest BCUT2D eigenvalue weighted by molar-refractivity contribution is 0.183. The largest absolute Gasteiger partial charge is 0.383 e. The minimum absolute atomic E-state index is 0.521. The lowest BCUT2D eigenvalue weighted by Crippen LogP contribution is -2.35. The minimum Gasteiger partial charge on any atom is -0.383 e. The summed E-state index contributed by atoms with van der Waals surface area (Å²) in [7, 11) is 1.67. The van der Waals surface area contributed by atoms with Crippen LogP contribution >= 0.6 is 0 Å². The van der Waals surface area contributed by atoms with E-state index in [2.05, 4.69) is 36.2 Å². The molecule has 5 heterocycles. The van der Waals surface area contributed by atoms with E-state index >= 15 is 0 Å². The monoisotopic (exact) mass is 378 g/mol. The zero-order chi connectivity index (χ0) is 18.9. The van der Waals surface area contributed by atoms with Crippen LogP contribution in [0.1, 0.15) is 5.69 Å². The Morgan fingerprint density at radius 3 is 3.11 bits per heavy atom. The molecule has 11 nitrogen and oxygen atoms in total. The van der Waals surface area contributed by atoms with Crippen molar-refractivity contribution < 1.29 is 4.74 Å². The number of aromatic nitrogens is 7. The first kappa shape index (κ1) is 16.6. The molecule has 0 aliphatic carbocycles. The molecule has 0 saturated heterocycles. The Balaban J connectivity index is 1.41. The fourth-order valence-corrected chi connectivity index (χ4v) is 3.07. The summed E-state index contributed by atoms with van der Waals surface area (Å²) in [4.78, 5) is 13.5. The molecule has 1 aliphatic rings. The second kappa shape index (κ2) is 6.87. The van der Waals surface area contributed by atoms with Crippen LogP contribution < -0.4 is 16.0 Å². The fourth-order valence-electron chi connectivity index (χ4n) is 3.07. The van der Waals surface area contributed by atoms with E-state index in [0.717, 1.165) is 22.3 Å².